The van der Waals surface area contributed by atoms with E-state index in [1.807, 2.05) is 0 Å². The normalized spacial score (nSPS) is 15.1. The molecule has 10 heteroatoms. The van der Waals surface area contributed by atoms with E-state index in [0.29, 0.717) is 6.42 Å². The third kappa shape index (κ3) is 5.63. The van der Waals surface area contributed by atoms with E-state index in [1.54, 1.807) is 5.43 Å². The largest absolute Gasteiger partial charge is 0.480 e. The van der Waals surface area contributed by atoms with Crippen molar-refractivity contribution >= 4 is 11.9 Å². The molecule has 0 aliphatic heterocycles. The number of carboxylic acids is 1. The van der Waals surface area contributed by atoms with Gasteiger partial charge in [0.1, 0.15) is 5.54 Å². The second-order valence-corrected chi connectivity index (χ2v) is 3.40. The summed E-state index contributed by atoms with van der Waals surface area (Å²) in [5, 5.41) is 17.9. The van der Waals surface area contributed by atoms with Crippen LogP contribution in [0.15, 0.2) is 4.99 Å². The minimum absolute atomic E-state index is 0.105. The van der Waals surface area contributed by atoms with E-state index in [1.165, 1.54) is 0 Å². The quantitative estimate of drug-likeness (QED) is 0.108. The van der Waals surface area contributed by atoms with Crippen LogP contribution in [0, 0.1) is 10.1 Å². The standard InChI is InChI=1S/C7H16N6O4/c8-4-7(10,5(14)15)2-1-3-11-6(9)12-13(16)17/h1-4,8,10H2,(H,14,15)(H3,9,11,12). The fraction of sp³-hybridized carbons (Fsp3) is 0.714. The predicted octanol–water partition coefficient (Wildman–Crippen LogP) is -2.40. The molecule has 0 aliphatic rings. The first-order valence-electron chi connectivity index (χ1n) is 4.75. The number of carboxylic acid groups (broad SMARTS) is 1. The van der Waals surface area contributed by atoms with Crippen LogP contribution in [-0.4, -0.2) is 40.7 Å². The van der Waals surface area contributed by atoms with Gasteiger partial charge in [0, 0.05) is 13.1 Å². The van der Waals surface area contributed by atoms with Crippen LogP contribution in [-0.2, 0) is 4.79 Å². The minimum atomic E-state index is -1.50. The SMILES string of the molecule is NCC(N)(CCCN=C(N)N[N+](=O)[O-])C(=O)O. The smallest absolute Gasteiger partial charge is 0.324 e. The Hall–Kier alpha value is -1.94. The predicted molar refractivity (Wildman–Crippen MR) is 59.5 cm³/mol. The van der Waals surface area contributed by atoms with Crippen LogP contribution in [0.3, 0.4) is 0 Å². The van der Waals surface area contributed by atoms with Crippen molar-refractivity contribution in [2.75, 3.05) is 13.1 Å². The summed E-state index contributed by atoms with van der Waals surface area (Å²) in [5.74, 6) is -1.54. The second kappa shape index (κ2) is 6.60. The number of hydrazine groups is 1. The molecule has 98 valence electrons. The molecule has 10 nitrogen and oxygen atoms in total. The fourth-order valence-corrected chi connectivity index (χ4v) is 1.02. The lowest BCUT2D eigenvalue weighted by molar-refractivity contribution is -0.525. The van der Waals surface area contributed by atoms with Gasteiger partial charge in [0.05, 0.1) is 0 Å². The Morgan fingerprint density at radius 1 is 1.59 bits per heavy atom. The van der Waals surface area contributed by atoms with E-state index in [0.717, 1.165) is 0 Å². The number of guanidine groups is 1. The molecule has 0 aromatic rings. The average Bonchev–Trinajstić information content (AvgIpc) is 2.22. The molecule has 0 rings (SSSR count). The summed E-state index contributed by atoms with van der Waals surface area (Å²) in [7, 11) is 0. The number of carbonyl (C=O) groups is 1. The van der Waals surface area contributed by atoms with Crippen LogP contribution < -0.4 is 22.6 Å². The van der Waals surface area contributed by atoms with Crippen molar-refractivity contribution < 1.29 is 14.9 Å². The highest BCUT2D eigenvalue weighted by molar-refractivity contribution is 5.78. The van der Waals surface area contributed by atoms with Crippen LogP contribution in [0.2, 0.25) is 0 Å². The molecule has 0 bridgehead atoms. The number of hydrogen-bond donors (Lipinski definition) is 5. The van der Waals surface area contributed by atoms with Gasteiger partial charge in [-0.15, -0.1) is 0 Å². The van der Waals surface area contributed by atoms with Crippen LogP contribution in [0.25, 0.3) is 0 Å². The highest BCUT2D eigenvalue weighted by Crippen LogP contribution is 2.08. The zero-order valence-electron chi connectivity index (χ0n) is 9.13. The number of nitrogens with zero attached hydrogens (tertiary/aromatic N) is 2. The van der Waals surface area contributed by atoms with Gasteiger partial charge in [-0.05, 0) is 12.8 Å². The first kappa shape index (κ1) is 15.1. The van der Waals surface area contributed by atoms with Crippen LogP contribution in [0.1, 0.15) is 12.8 Å². The second-order valence-electron chi connectivity index (χ2n) is 3.40. The van der Waals surface area contributed by atoms with Gasteiger partial charge in [-0.1, -0.05) is 5.43 Å². The maximum Gasteiger partial charge on any atom is 0.324 e. The Morgan fingerprint density at radius 3 is 2.59 bits per heavy atom. The molecule has 0 aromatic carbocycles. The summed E-state index contributed by atoms with van der Waals surface area (Å²) in [6.45, 7) is -0.0758. The molecule has 17 heavy (non-hydrogen) atoms. The van der Waals surface area contributed by atoms with Crippen molar-refractivity contribution in [3.63, 3.8) is 0 Å². The lowest BCUT2D eigenvalue weighted by Crippen LogP contribution is -2.54. The molecule has 0 fully saturated rings. The van der Waals surface area contributed by atoms with Gasteiger partial charge in [-0.2, -0.15) is 0 Å². The molecule has 1 unspecified atom stereocenters. The molecule has 0 radical (unpaired) electrons. The van der Waals surface area contributed by atoms with E-state index >= 15 is 0 Å². The van der Waals surface area contributed by atoms with E-state index < -0.39 is 16.5 Å². The highest BCUT2D eigenvalue weighted by Gasteiger charge is 2.31. The Morgan fingerprint density at radius 2 is 2.18 bits per heavy atom. The van der Waals surface area contributed by atoms with Crippen molar-refractivity contribution in [1.29, 1.82) is 0 Å². The maximum absolute atomic E-state index is 10.8. The summed E-state index contributed by atoms with van der Waals surface area (Å²) in [5.41, 5.74) is 16.1. The summed E-state index contributed by atoms with van der Waals surface area (Å²) in [6.07, 6.45) is 0.411. The molecular weight excluding hydrogens is 232 g/mol. The zero-order chi connectivity index (χ0) is 13.5. The van der Waals surface area contributed by atoms with E-state index in [9.17, 15) is 14.9 Å². The Bertz CT molecular complexity index is 319. The Balaban J connectivity index is 4.07. The summed E-state index contributed by atoms with van der Waals surface area (Å²) >= 11 is 0. The Kier molecular flexibility index (Phi) is 5.85. The van der Waals surface area contributed by atoms with Crippen molar-refractivity contribution in [1.82, 2.24) is 5.43 Å². The number of nitro groups is 1. The van der Waals surface area contributed by atoms with Crippen LogP contribution in [0.5, 0.6) is 0 Å². The molecule has 0 saturated carbocycles. The molecule has 0 spiro atoms. The van der Waals surface area contributed by atoms with Crippen molar-refractivity contribution in [3.8, 4) is 0 Å². The number of hydrogen-bond acceptors (Lipinski definition) is 6. The first-order valence-corrected chi connectivity index (χ1v) is 4.75. The minimum Gasteiger partial charge on any atom is -0.480 e. The van der Waals surface area contributed by atoms with Gasteiger partial charge < -0.3 is 22.3 Å². The Labute approximate surface area is 97.0 Å². The molecule has 0 amide bonds. The number of aliphatic imine (C=N–C) groups is 1. The number of nitrogens with one attached hydrogen (secondary N) is 1. The third-order valence-electron chi connectivity index (χ3n) is 2.06. The van der Waals surface area contributed by atoms with Crippen LogP contribution >= 0.6 is 0 Å². The zero-order valence-corrected chi connectivity index (χ0v) is 9.13. The van der Waals surface area contributed by atoms with E-state index in [-0.39, 0.29) is 25.5 Å². The molecule has 0 heterocycles. The van der Waals surface area contributed by atoms with Gasteiger partial charge in [0.25, 0.3) is 5.96 Å². The van der Waals surface area contributed by atoms with Gasteiger partial charge in [0.15, 0.2) is 5.03 Å². The van der Waals surface area contributed by atoms with Crippen molar-refractivity contribution in [3.05, 3.63) is 10.1 Å². The monoisotopic (exact) mass is 248 g/mol. The molecule has 1 atom stereocenters. The van der Waals surface area contributed by atoms with E-state index in [4.69, 9.17) is 22.3 Å². The van der Waals surface area contributed by atoms with Gasteiger partial charge in [-0.25, -0.2) is 15.1 Å². The molecule has 8 N–H and O–H groups in total. The van der Waals surface area contributed by atoms with Crippen LogP contribution in [0.4, 0.5) is 0 Å². The summed E-state index contributed by atoms with van der Waals surface area (Å²) in [6, 6.07) is 0. The topological polar surface area (TPSA) is 183 Å². The lowest BCUT2D eigenvalue weighted by Gasteiger charge is -2.21. The number of rotatable bonds is 7. The van der Waals surface area contributed by atoms with Crippen molar-refractivity contribution in [2.45, 2.75) is 18.4 Å². The molecule has 0 aliphatic carbocycles. The van der Waals surface area contributed by atoms with Gasteiger partial charge in [0.2, 0.25) is 0 Å². The average molecular weight is 248 g/mol. The summed E-state index contributed by atoms with van der Waals surface area (Å²) in [4.78, 5) is 24.3. The third-order valence-corrected chi connectivity index (χ3v) is 2.06. The number of nitrogens with two attached hydrogens (primary N) is 3. The first-order chi connectivity index (χ1) is 7.81. The van der Waals surface area contributed by atoms with Gasteiger partial charge in [-0.3, -0.25) is 4.79 Å². The van der Waals surface area contributed by atoms with Crippen molar-refractivity contribution in [2.24, 2.45) is 22.2 Å². The lowest BCUT2D eigenvalue weighted by atomic mass is 9.95. The molecule has 0 saturated heterocycles. The maximum atomic E-state index is 10.8. The van der Waals surface area contributed by atoms with E-state index in [2.05, 4.69) is 4.99 Å². The fourth-order valence-electron chi connectivity index (χ4n) is 1.02. The molecule has 0 aromatic heterocycles. The number of aliphatic carboxylic acids is 1. The highest BCUT2D eigenvalue weighted by atomic mass is 16.7. The van der Waals surface area contributed by atoms with Gasteiger partial charge >= 0.3 is 5.97 Å². The summed E-state index contributed by atoms with van der Waals surface area (Å²) < 4.78 is 0. The molecular formula is C7H16N6O4.